The van der Waals surface area contributed by atoms with Crippen LogP contribution in [-0.2, 0) is 33.2 Å². The molecule has 4 rings (SSSR count). The molecule has 0 bridgehead atoms. The van der Waals surface area contributed by atoms with Crippen LogP contribution >= 0.6 is 11.6 Å². The van der Waals surface area contributed by atoms with E-state index < -0.39 is 66.6 Å². The topological polar surface area (TPSA) is 83.6 Å². The Labute approximate surface area is 194 Å². The van der Waals surface area contributed by atoms with Crippen LogP contribution in [0.4, 0.5) is 8.78 Å². The summed E-state index contributed by atoms with van der Waals surface area (Å²) < 4.78 is 69.6. The molecule has 1 N–H and O–H groups in total. The molecule has 6 nitrogen and oxygen atoms in total. The Hall–Kier alpha value is -3.13. The fraction of sp³-hybridized carbons (Fsp3) is 0.304. The van der Waals surface area contributed by atoms with E-state index in [2.05, 4.69) is 0 Å². The summed E-state index contributed by atoms with van der Waals surface area (Å²) in [7, 11) is 0. The zero-order chi connectivity index (χ0) is 27.5. The summed E-state index contributed by atoms with van der Waals surface area (Å²) in [6, 6.07) is 6.27. The molecule has 2 aromatic carbocycles. The minimum absolute atomic E-state index is 0.0369. The van der Waals surface area contributed by atoms with Crippen LogP contribution in [-0.4, -0.2) is 34.4 Å². The van der Waals surface area contributed by atoms with E-state index >= 15 is 0 Å². The lowest BCUT2D eigenvalue weighted by atomic mass is 9.97. The lowest BCUT2D eigenvalue weighted by Gasteiger charge is -2.29. The Morgan fingerprint density at radius 1 is 1.22 bits per heavy atom. The van der Waals surface area contributed by atoms with Crippen molar-refractivity contribution < 1.29 is 34.8 Å². The minimum Gasteiger partial charge on any atom is -0.322 e. The standard InChI is InChI=1S/C23H19ClF2N2O4/c24-16-5-3-15(4-6-16)23(25,26)19(29)9-2-13-1-7-17-14(11-13)12-28(22(17)32)18-8-10-20(30)27-21(18)31/h1,3-7,11,18H,2,8-10,12H2,(H,27,30,31)/i2D2,8D,10D2. The first-order chi connectivity index (χ1) is 17.1. The van der Waals surface area contributed by atoms with Gasteiger partial charge >= 0.3 is 5.92 Å². The van der Waals surface area contributed by atoms with Gasteiger partial charge in [-0.3, -0.25) is 24.5 Å². The van der Waals surface area contributed by atoms with Crippen molar-refractivity contribution in [3.63, 3.8) is 0 Å². The third kappa shape index (κ3) is 4.14. The number of benzene rings is 2. The molecule has 0 aliphatic carbocycles. The van der Waals surface area contributed by atoms with Crippen LogP contribution in [0.25, 0.3) is 0 Å². The molecule has 0 spiro atoms. The van der Waals surface area contributed by atoms with Crippen molar-refractivity contribution in [2.75, 3.05) is 0 Å². The molecule has 0 radical (unpaired) electrons. The summed E-state index contributed by atoms with van der Waals surface area (Å²) in [5, 5.41) is 2.01. The molecule has 2 aliphatic heterocycles. The van der Waals surface area contributed by atoms with E-state index in [4.69, 9.17) is 18.5 Å². The van der Waals surface area contributed by atoms with Gasteiger partial charge in [0.15, 0.2) is 0 Å². The molecular weight excluding hydrogens is 442 g/mol. The highest BCUT2D eigenvalue weighted by atomic mass is 35.5. The zero-order valence-electron chi connectivity index (χ0n) is 21.3. The summed E-state index contributed by atoms with van der Waals surface area (Å²) in [4.78, 5) is 50.4. The number of halogens is 3. The molecule has 2 atom stereocenters. The molecule has 2 heterocycles. The zero-order valence-corrected chi connectivity index (χ0v) is 17.1. The highest BCUT2D eigenvalue weighted by Gasteiger charge is 2.41. The van der Waals surface area contributed by atoms with Gasteiger partial charge in [0.05, 0.1) is 0 Å². The average molecular weight is 466 g/mol. The highest BCUT2D eigenvalue weighted by molar-refractivity contribution is 6.30. The van der Waals surface area contributed by atoms with Crippen molar-refractivity contribution in [1.29, 1.82) is 0 Å². The van der Waals surface area contributed by atoms with E-state index in [1.54, 1.807) is 0 Å². The van der Waals surface area contributed by atoms with E-state index in [9.17, 15) is 28.0 Å². The van der Waals surface area contributed by atoms with Crippen molar-refractivity contribution >= 4 is 35.1 Å². The van der Waals surface area contributed by atoms with Gasteiger partial charge < -0.3 is 4.90 Å². The molecular formula is C23H19ClF2N2O4. The van der Waals surface area contributed by atoms with Crippen LogP contribution in [0.5, 0.6) is 0 Å². The number of fused-ring (bicyclic) bond motifs is 1. The molecule has 32 heavy (non-hydrogen) atoms. The number of ketones is 1. The molecule has 1 saturated heterocycles. The third-order valence-corrected chi connectivity index (χ3v) is 5.41. The van der Waals surface area contributed by atoms with Crippen LogP contribution in [0.3, 0.4) is 0 Å². The number of imide groups is 1. The van der Waals surface area contributed by atoms with Crippen molar-refractivity contribution in [3.8, 4) is 0 Å². The van der Waals surface area contributed by atoms with Crippen molar-refractivity contribution in [3.05, 3.63) is 69.7 Å². The number of carbonyl (C=O) groups is 4. The smallest absolute Gasteiger partial charge is 0.322 e. The van der Waals surface area contributed by atoms with Gasteiger partial charge in [-0.05, 0) is 42.1 Å². The predicted octanol–water partition coefficient (Wildman–Crippen LogP) is 3.39. The first-order valence-corrected chi connectivity index (χ1v) is 9.84. The lowest BCUT2D eigenvalue weighted by Crippen LogP contribution is -2.52. The molecule has 2 unspecified atom stereocenters. The van der Waals surface area contributed by atoms with Crippen molar-refractivity contribution in [2.45, 2.75) is 44.1 Å². The Kier molecular flexibility index (Phi) is 4.34. The number of hydrogen-bond donors (Lipinski definition) is 1. The Morgan fingerprint density at radius 2 is 1.94 bits per heavy atom. The van der Waals surface area contributed by atoms with Gasteiger partial charge in [0.25, 0.3) is 5.91 Å². The molecule has 2 aliphatic rings. The number of piperidine rings is 1. The number of Topliss-reactive ketones (excluding diaryl/α,β-unsaturated/α-hetero) is 1. The van der Waals surface area contributed by atoms with Gasteiger partial charge in [0.2, 0.25) is 17.6 Å². The minimum atomic E-state index is -3.98. The van der Waals surface area contributed by atoms with Crippen LogP contribution in [0.15, 0.2) is 42.5 Å². The van der Waals surface area contributed by atoms with E-state index in [1.165, 1.54) is 24.3 Å². The second-order valence-corrected chi connectivity index (χ2v) is 7.67. The second-order valence-electron chi connectivity index (χ2n) is 7.24. The number of hydrogen-bond acceptors (Lipinski definition) is 4. The van der Waals surface area contributed by atoms with Gasteiger partial charge in [-0.15, -0.1) is 0 Å². The molecule has 0 saturated carbocycles. The second kappa shape index (κ2) is 8.43. The Balaban J connectivity index is 1.57. The van der Waals surface area contributed by atoms with Gasteiger partial charge in [-0.1, -0.05) is 35.9 Å². The maximum Gasteiger partial charge on any atom is 0.330 e. The first kappa shape index (κ1) is 16.5. The third-order valence-electron chi connectivity index (χ3n) is 5.16. The van der Waals surface area contributed by atoms with Crippen molar-refractivity contribution in [1.82, 2.24) is 10.2 Å². The largest absolute Gasteiger partial charge is 0.330 e. The summed E-state index contributed by atoms with van der Waals surface area (Å²) in [5.74, 6) is -8.69. The number of alkyl halides is 2. The number of carbonyl (C=O) groups excluding carboxylic acids is 4. The normalized spacial score (nSPS) is 25.2. The average Bonchev–Trinajstić information content (AvgIpc) is 3.13. The Bertz CT molecular complexity index is 1320. The quantitative estimate of drug-likeness (QED) is 0.663. The van der Waals surface area contributed by atoms with Crippen LogP contribution in [0.2, 0.25) is 5.02 Å². The fourth-order valence-electron chi connectivity index (χ4n) is 3.48. The van der Waals surface area contributed by atoms with Gasteiger partial charge in [-0.25, -0.2) is 0 Å². The molecule has 9 heteroatoms. The van der Waals surface area contributed by atoms with E-state index in [1.807, 2.05) is 5.32 Å². The Morgan fingerprint density at radius 3 is 2.66 bits per heavy atom. The number of amides is 3. The lowest BCUT2D eigenvalue weighted by molar-refractivity contribution is -0.144. The summed E-state index contributed by atoms with van der Waals surface area (Å²) in [5.41, 5.74) is -0.570. The predicted molar refractivity (Wildman–Crippen MR) is 111 cm³/mol. The summed E-state index contributed by atoms with van der Waals surface area (Å²) in [6.07, 6.45) is -8.39. The molecule has 2 aromatic rings. The maximum absolute atomic E-state index is 14.7. The van der Waals surface area contributed by atoms with Crippen LogP contribution in [0.1, 0.15) is 53.1 Å². The maximum atomic E-state index is 14.7. The van der Waals surface area contributed by atoms with E-state index in [0.29, 0.717) is 0 Å². The number of rotatable bonds is 6. The highest BCUT2D eigenvalue weighted by Crippen LogP contribution is 2.32. The number of nitrogens with zero attached hydrogens (tertiary/aromatic N) is 1. The molecule has 166 valence electrons. The number of aryl methyl sites for hydroxylation is 1. The van der Waals surface area contributed by atoms with Gasteiger partial charge in [-0.2, -0.15) is 8.78 Å². The van der Waals surface area contributed by atoms with Crippen LogP contribution in [0, 0.1) is 0 Å². The fourth-order valence-corrected chi connectivity index (χ4v) is 3.60. The summed E-state index contributed by atoms with van der Waals surface area (Å²) >= 11 is 5.70. The van der Waals surface area contributed by atoms with Gasteiger partial charge in [0, 0.05) is 42.3 Å². The van der Waals surface area contributed by atoms with E-state index in [-0.39, 0.29) is 28.3 Å². The van der Waals surface area contributed by atoms with Crippen LogP contribution < -0.4 is 5.32 Å². The SMILES string of the molecule is [2H]C1C(N2Cc3cc(C([2H])([2H])CC(=O)C(F)(F)c4ccc(Cl)cc4)ccc3C2=O)C(=O)NC(=O)C1([2H])[2H]. The molecule has 0 aromatic heterocycles. The van der Waals surface area contributed by atoms with Gasteiger partial charge in [0.1, 0.15) is 6.04 Å². The summed E-state index contributed by atoms with van der Waals surface area (Å²) in [6.45, 7) is -0.315. The molecule has 1 fully saturated rings. The monoisotopic (exact) mass is 465 g/mol. The number of nitrogens with one attached hydrogen (secondary N) is 1. The first-order valence-electron chi connectivity index (χ1n) is 12.0. The van der Waals surface area contributed by atoms with Crippen molar-refractivity contribution in [2.24, 2.45) is 0 Å². The van der Waals surface area contributed by atoms with E-state index in [0.717, 1.165) is 23.1 Å². The molecule has 3 amide bonds.